The standard InChI is InChI=1S/C16H15Cl2FN2O5/c1-6(22)12(24)14-16(25,7(2)23)13(19)15(26-14)21-5-20-10-3-8(17)9(18)4-11(10)21/h3-6,13-15,22,25H,1-2H3/t6?,13-,14-,15-,16+/m1/s1. The molecule has 1 aromatic heterocycles. The molecule has 1 saturated heterocycles. The van der Waals surface area contributed by atoms with Crippen LogP contribution in [0.2, 0.25) is 10.0 Å². The van der Waals surface area contributed by atoms with Crippen LogP contribution in [-0.4, -0.2) is 55.3 Å². The summed E-state index contributed by atoms with van der Waals surface area (Å²) in [4.78, 5) is 28.2. The van der Waals surface area contributed by atoms with Crippen molar-refractivity contribution in [3.63, 3.8) is 0 Å². The number of fused-ring (bicyclic) bond motifs is 1. The summed E-state index contributed by atoms with van der Waals surface area (Å²) in [5.74, 6) is -1.99. The van der Waals surface area contributed by atoms with E-state index in [0.29, 0.717) is 11.0 Å². The van der Waals surface area contributed by atoms with Gasteiger partial charge < -0.3 is 19.5 Å². The normalized spacial score (nSPS) is 29.9. The molecule has 3 rings (SSSR count). The van der Waals surface area contributed by atoms with E-state index in [2.05, 4.69) is 4.98 Å². The van der Waals surface area contributed by atoms with E-state index in [4.69, 9.17) is 27.9 Å². The minimum absolute atomic E-state index is 0.188. The lowest BCUT2D eigenvalue weighted by Gasteiger charge is -2.26. The highest BCUT2D eigenvalue weighted by Gasteiger charge is 2.63. The number of hydrogen-bond acceptors (Lipinski definition) is 6. The molecule has 1 aromatic carbocycles. The molecule has 1 fully saturated rings. The van der Waals surface area contributed by atoms with Crippen LogP contribution in [-0.2, 0) is 14.3 Å². The van der Waals surface area contributed by atoms with Crippen LogP contribution >= 0.6 is 23.2 Å². The quantitative estimate of drug-likeness (QED) is 0.805. The number of nitrogens with zero attached hydrogens (tertiary/aromatic N) is 2. The second kappa shape index (κ2) is 6.54. The first-order valence-electron chi connectivity index (χ1n) is 7.65. The van der Waals surface area contributed by atoms with E-state index >= 15 is 4.39 Å². The van der Waals surface area contributed by atoms with Gasteiger partial charge in [0.25, 0.3) is 0 Å². The second-order valence-corrected chi connectivity index (χ2v) is 6.99. The Balaban J connectivity index is 2.11. The van der Waals surface area contributed by atoms with Crippen molar-refractivity contribution in [2.75, 3.05) is 0 Å². The number of carbonyl (C=O) groups is 2. The van der Waals surface area contributed by atoms with E-state index < -0.39 is 41.8 Å². The number of aromatic nitrogens is 2. The molecular weight excluding hydrogens is 390 g/mol. The van der Waals surface area contributed by atoms with Gasteiger partial charge in [-0.15, -0.1) is 0 Å². The molecule has 0 radical (unpaired) electrons. The van der Waals surface area contributed by atoms with Crippen molar-refractivity contribution >= 4 is 45.8 Å². The Morgan fingerprint density at radius 3 is 2.58 bits per heavy atom. The molecule has 0 spiro atoms. The number of aliphatic hydroxyl groups is 2. The highest BCUT2D eigenvalue weighted by molar-refractivity contribution is 6.42. The molecule has 0 bridgehead atoms. The third-order valence-corrected chi connectivity index (χ3v) is 5.19. The summed E-state index contributed by atoms with van der Waals surface area (Å²) >= 11 is 11.9. The molecule has 5 atom stereocenters. The average molecular weight is 405 g/mol. The number of imidazole rings is 1. The highest BCUT2D eigenvalue weighted by atomic mass is 35.5. The number of ether oxygens (including phenoxy) is 1. The van der Waals surface area contributed by atoms with Crippen LogP contribution in [0.5, 0.6) is 0 Å². The van der Waals surface area contributed by atoms with Crippen molar-refractivity contribution in [3.05, 3.63) is 28.5 Å². The lowest BCUT2D eigenvalue weighted by molar-refractivity contribution is -0.158. The lowest BCUT2D eigenvalue weighted by Crippen LogP contribution is -2.56. The number of carbonyl (C=O) groups excluding carboxylic acids is 2. The molecular formula is C16H15Cl2FN2O5. The van der Waals surface area contributed by atoms with E-state index in [0.717, 1.165) is 13.8 Å². The summed E-state index contributed by atoms with van der Waals surface area (Å²) in [5, 5.41) is 20.5. The minimum Gasteiger partial charge on any atom is -0.386 e. The Labute approximate surface area is 157 Å². The van der Waals surface area contributed by atoms with Crippen LogP contribution < -0.4 is 0 Å². The zero-order valence-corrected chi connectivity index (χ0v) is 15.2. The topological polar surface area (TPSA) is 102 Å². The fourth-order valence-corrected chi connectivity index (χ4v) is 3.30. The number of halogens is 3. The van der Waals surface area contributed by atoms with Crippen molar-refractivity contribution in [1.29, 1.82) is 0 Å². The Morgan fingerprint density at radius 1 is 1.38 bits per heavy atom. The monoisotopic (exact) mass is 404 g/mol. The summed E-state index contributed by atoms with van der Waals surface area (Å²) in [5.41, 5.74) is -2.01. The maximum absolute atomic E-state index is 15.1. The fourth-order valence-electron chi connectivity index (χ4n) is 2.99. The number of benzene rings is 1. The van der Waals surface area contributed by atoms with E-state index in [1.165, 1.54) is 23.0 Å². The maximum atomic E-state index is 15.1. The van der Waals surface area contributed by atoms with Gasteiger partial charge in [0.1, 0.15) is 6.10 Å². The largest absolute Gasteiger partial charge is 0.386 e. The first-order valence-corrected chi connectivity index (χ1v) is 8.41. The van der Waals surface area contributed by atoms with Gasteiger partial charge >= 0.3 is 0 Å². The van der Waals surface area contributed by atoms with Gasteiger partial charge in [-0.2, -0.15) is 0 Å². The SMILES string of the molecule is CC(=O)[C@@]1(O)[C@@H](C(=O)C(C)O)O[C@@H](n2cnc3cc(Cl)c(Cl)cc32)[C@H]1F. The van der Waals surface area contributed by atoms with Gasteiger partial charge in [0, 0.05) is 0 Å². The van der Waals surface area contributed by atoms with Gasteiger partial charge in [0.2, 0.25) is 0 Å². The van der Waals surface area contributed by atoms with Gasteiger partial charge in [0.05, 0.1) is 27.4 Å². The smallest absolute Gasteiger partial charge is 0.193 e. The van der Waals surface area contributed by atoms with Crippen LogP contribution in [0.25, 0.3) is 11.0 Å². The van der Waals surface area contributed by atoms with Crippen LogP contribution in [0.1, 0.15) is 20.1 Å². The van der Waals surface area contributed by atoms with E-state index in [1.807, 2.05) is 0 Å². The average Bonchev–Trinajstić information content (AvgIpc) is 3.07. The summed E-state index contributed by atoms with van der Waals surface area (Å²) in [7, 11) is 0. The molecule has 2 N–H and O–H groups in total. The molecule has 1 unspecified atom stereocenters. The molecule has 2 aromatic rings. The van der Waals surface area contributed by atoms with Crippen molar-refractivity contribution in [3.8, 4) is 0 Å². The number of hydrogen-bond donors (Lipinski definition) is 2. The van der Waals surface area contributed by atoms with E-state index in [-0.39, 0.29) is 10.0 Å². The molecule has 26 heavy (non-hydrogen) atoms. The summed E-state index contributed by atoms with van der Waals surface area (Å²) in [6.45, 7) is 2.09. The molecule has 7 nitrogen and oxygen atoms in total. The lowest BCUT2D eigenvalue weighted by atomic mass is 9.86. The molecule has 1 aliphatic rings. The Morgan fingerprint density at radius 2 is 2.00 bits per heavy atom. The molecule has 10 heteroatoms. The second-order valence-electron chi connectivity index (χ2n) is 6.18. The third kappa shape index (κ3) is 2.73. The highest BCUT2D eigenvalue weighted by Crippen LogP contribution is 2.42. The zero-order valence-electron chi connectivity index (χ0n) is 13.7. The predicted octanol–water partition coefficient (Wildman–Crippen LogP) is 1.85. The van der Waals surface area contributed by atoms with Gasteiger partial charge in [0.15, 0.2) is 35.7 Å². The number of Topliss-reactive ketones (excluding diaryl/α,β-unsaturated/α-hetero) is 2. The molecule has 140 valence electrons. The van der Waals surface area contributed by atoms with Gasteiger partial charge in [-0.05, 0) is 26.0 Å². The van der Waals surface area contributed by atoms with Crippen molar-refractivity contribution < 1.29 is 28.9 Å². The Bertz CT molecular complexity index is 902. The summed E-state index contributed by atoms with van der Waals surface area (Å²) in [6.07, 6.45) is -5.99. The third-order valence-electron chi connectivity index (χ3n) is 4.47. The van der Waals surface area contributed by atoms with Crippen molar-refractivity contribution in [2.45, 2.75) is 44.1 Å². The zero-order chi connectivity index (χ0) is 19.4. The van der Waals surface area contributed by atoms with Crippen molar-refractivity contribution in [1.82, 2.24) is 9.55 Å². The number of rotatable bonds is 4. The van der Waals surface area contributed by atoms with Crippen LogP contribution in [0.4, 0.5) is 4.39 Å². The van der Waals surface area contributed by atoms with Crippen LogP contribution in [0.15, 0.2) is 18.5 Å². The van der Waals surface area contributed by atoms with E-state index in [9.17, 15) is 19.8 Å². The van der Waals surface area contributed by atoms with Gasteiger partial charge in [-0.1, -0.05) is 23.2 Å². The van der Waals surface area contributed by atoms with Crippen LogP contribution in [0, 0.1) is 0 Å². The van der Waals surface area contributed by atoms with Gasteiger partial charge in [-0.3, -0.25) is 9.59 Å². The maximum Gasteiger partial charge on any atom is 0.193 e. The predicted molar refractivity (Wildman–Crippen MR) is 90.9 cm³/mol. The Hall–Kier alpha value is -1.58. The minimum atomic E-state index is -2.73. The molecule has 0 amide bonds. The molecule has 0 saturated carbocycles. The van der Waals surface area contributed by atoms with E-state index in [1.54, 1.807) is 0 Å². The van der Waals surface area contributed by atoms with Crippen molar-refractivity contribution in [2.24, 2.45) is 0 Å². The first-order chi connectivity index (χ1) is 12.1. The van der Waals surface area contributed by atoms with Crippen LogP contribution in [0.3, 0.4) is 0 Å². The first kappa shape index (κ1) is 19.2. The fraction of sp³-hybridized carbons (Fsp3) is 0.438. The number of alkyl halides is 1. The molecule has 2 heterocycles. The molecule has 0 aliphatic carbocycles. The summed E-state index contributed by atoms with van der Waals surface area (Å²) in [6, 6.07) is 2.90. The number of aliphatic hydroxyl groups excluding tert-OH is 1. The van der Waals surface area contributed by atoms with Gasteiger partial charge in [-0.25, -0.2) is 9.37 Å². The number of ketones is 2. The summed E-state index contributed by atoms with van der Waals surface area (Å²) < 4.78 is 21.7. The molecule has 1 aliphatic heterocycles. The Kier molecular flexibility index (Phi) is 4.83.